The molecule has 0 aromatic carbocycles. The highest BCUT2D eigenvalue weighted by Crippen LogP contribution is 2.02. The van der Waals surface area contributed by atoms with Crippen molar-refractivity contribution in [3.8, 4) is 0 Å². The molecule has 6 nitrogen and oxygen atoms in total. The van der Waals surface area contributed by atoms with Gasteiger partial charge in [-0.25, -0.2) is 0 Å². The van der Waals surface area contributed by atoms with E-state index in [-0.39, 0.29) is 0 Å². The second-order valence-electron chi connectivity index (χ2n) is 4.11. The average Bonchev–Trinajstić information content (AvgIpc) is 2.64. The highest BCUT2D eigenvalue weighted by molar-refractivity contribution is 5.73. The molecule has 6 heteroatoms. The number of nitrogens with two attached hydrogens (primary N) is 1. The van der Waals surface area contributed by atoms with Gasteiger partial charge in [-0.3, -0.25) is 4.79 Å². The Morgan fingerprint density at radius 1 is 1.53 bits per heavy atom. The molecule has 1 aliphatic rings. The maximum Gasteiger partial charge on any atom is 0.323 e. The number of hydrogen-bond donors (Lipinski definition) is 3. The Bertz CT molecular complexity index is 256. The van der Waals surface area contributed by atoms with Crippen LogP contribution < -0.4 is 5.73 Å². The third-order valence-corrected chi connectivity index (χ3v) is 2.25. The first-order chi connectivity index (χ1) is 7.88. The summed E-state index contributed by atoms with van der Waals surface area (Å²) in [6, 6.07) is -1.16. The van der Waals surface area contributed by atoms with Gasteiger partial charge in [-0.05, 0) is 13.3 Å². The minimum atomic E-state index is -1.18. The molecule has 0 amide bonds. The molecule has 0 aromatic heterocycles. The number of aliphatic hydroxyl groups is 1. The molecule has 0 fully saturated rings. The van der Waals surface area contributed by atoms with Crippen molar-refractivity contribution in [3.05, 3.63) is 12.4 Å². The minimum absolute atomic E-state index is 0.979. The molecule has 1 aliphatic heterocycles. The molecule has 1 rings (SSSR count). The fraction of sp³-hybridized carbons (Fsp3) is 0.727. The van der Waals surface area contributed by atoms with Crippen LogP contribution in [0.1, 0.15) is 20.3 Å². The van der Waals surface area contributed by atoms with E-state index in [9.17, 15) is 4.79 Å². The predicted octanol–water partition coefficient (Wildman–Crippen LogP) is -0.148. The standard InChI is InChI=1S/C7H14N2.C4H9NO3/c1-3-4-9-6-5-8(2)7-9;1-2(6)3(5)4(7)8/h5-6H,3-4,7H2,1-2H3;2-3,6H,5H2,1H3,(H,7,8)/t;2-,3+/m.1/s1. The van der Waals surface area contributed by atoms with E-state index in [1.165, 1.54) is 19.9 Å². The third kappa shape index (κ3) is 6.80. The van der Waals surface area contributed by atoms with Crippen molar-refractivity contribution in [1.29, 1.82) is 0 Å². The molecular weight excluding hydrogens is 222 g/mol. The van der Waals surface area contributed by atoms with Crippen molar-refractivity contribution in [3.63, 3.8) is 0 Å². The highest BCUT2D eigenvalue weighted by atomic mass is 16.4. The maximum atomic E-state index is 9.86. The summed E-state index contributed by atoms with van der Waals surface area (Å²) >= 11 is 0. The van der Waals surface area contributed by atoms with Gasteiger partial charge in [-0.2, -0.15) is 0 Å². The Morgan fingerprint density at radius 3 is 2.35 bits per heavy atom. The Labute approximate surface area is 102 Å². The van der Waals surface area contributed by atoms with Gasteiger partial charge in [0, 0.05) is 26.0 Å². The molecule has 0 unspecified atom stereocenters. The van der Waals surface area contributed by atoms with E-state index in [2.05, 4.69) is 36.2 Å². The van der Waals surface area contributed by atoms with E-state index in [0.29, 0.717) is 0 Å². The van der Waals surface area contributed by atoms with Crippen molar-refractivity contribution in [2.45, 2.75) is 32.4 Å². The van der Waals surface area contributed by atoms with Gasteiger partial charge >= 0.3 is 5.97 Å². The summed E-state index contributed by atoms with van der Waals surface area (Å²) in [7, 11) is 2.09. The van der Waals surface area contributed by atoms with Crippen molar-refractivity contribution < 1.29 is 15.0 Å². The van der Waals surface area contributed by atoms with Crippen LogP contribution in [0.3, 0.4) is 0 Å². The Hall–Kier alpha value is -1.27. The lowest BCUT2D eigenvalue weighted by Crippen LogP contribution is -2.39. The van der Waals surface area contributed by atoms with E-state index in [4.69, 9.17) is 15.9 Å². The van der Waals surface area contributed by atoms with Crippen LogP contribution in [0, 0.1) is 0 Å². The summed E-state index contributed by atoms with van der Waals surface area (Å²) in [6.07, 6.45) is 4.50. The summed E-state index contributed by atoms with van der Waals surface area (Å²) in [6.45, 7) is 5.78. The number of carboxylic acids is 1. The van der Waals surface area contributed by atoms with Crippen LogP contribution >= 0.6 is 0 Å². The zero-order valence-electron chi connectivity index (χ0n) is 10.7. The van der Waals surface area contributed by atoms with E-state index < -0.39 is 18.1 Å². The molecule has 0 radical (unpaired) electrons. The van der Waals surface area contributed by atoms with E-state index in [0.717, 1.165) is 6.67 Å². The largest absolute Gasteiger partial charge is 0.480 e. The monoisotopic (exact) mass is 245 g/mol. The second kappa shape index (κ2) is 7.92. The van der Waals surface area contributed by atoms with Crippen LogP contribution in [0.2, 0.25) is 0 Å². The molecule has 0 bridgehead atoms. The summed E-state index contributed by atoms with van der Waals surface area (Å²) in [4.78, 5) is 14.3. The van der Waals surface area contributed by atoms with Crippen LogP contribution in [-0.4, -0.2) is 58.4 Å². The summed E-state index contributed by atoms with van der Waals surface area (Å²) in [5.74, 6) is -1.18. The highest BCUT2D eigenvalue weighted by Gasteiger charge is 2.16. The average molecular weight is 245 g/mol. The van der Waals surface area contributed by atoms with Crippen molar-refractivity contribution in [1.82, 2.24) is 9.80 Å². The molecule has 0 aromatic rings. The molecule has 2 atom stereocenters. The third-order valence-electron chi connectivity index (χ3n) is 2.25. The number of carbonyl (C=O) groups is 1. The molecule has 0 saturated carbocycles. The van der Waals surface area contributed by atoms with Gasteiger partial charge in [0.05, 0.1) is 12.8 Å². The van der Waals surface area contributed by atoms with Crippen molar-refractivity contribution in [2.75, 3.05) is 20.3 Å². The number of carboxylic acid groups (broad SMARTS) is 1. The predicted molar refractivity (Wildman–Crippen MR) is 66.1 cm³/mol. The van der Waals surface area contributed by atoms with Gasteiger partial charge in [-0.15, -0.1) is 0 Å². The fourth-order valence-electron chi connectivity index (χ4n) is 1.23. The number of aliphatic carboxylic acids is 1. The first-order valence-corrected chi connectivity index (χ1v) is 5.67. The molecule has 17 heavy (non-hydrogen) atoms. The zero-order chi connectivity index (χ0) is 13.4. The summed E-state index contributed by atoms with van der Waals surface area (Å²) in [5.41, 5.74) is 4.91. The van der Waals surface area contributed by atoms with Gasteiger partial charge in [0.25, 0.3) is 0 Å². The number of aliphatic hydroxyl groups excluding tert-OH is 1. The van der Waals surface area contributed by atoms with Crippen LogP contribution in [-0.2, 0) is 4.79 Å². The summed E-state index contributed by atoms with van der Waals surface area (Å²) in [5, 5.41) is 16.6. The first-order valence-electron chi connectivity index (χ1n) is 5.67. The van der Waals surface area contributed by atoms with E-state index >= 15 is 0 Å². The second-order valence-corrected chi connectivity index (χ2v) is 4.11. The molecule has 0 aliphatic carbocycles. The maximum absolute atomic E-state index is 9.86. The Kier molecular flexibility index (Phi) is 7.32. The quantitative estimate of drug-likeness (QED) is 0.638. The molecule has 0 spiro atoms. The lowest BCUT2D eigenvalue weighted by atomic mass is 10.2. The van der Waals surface area contributed by atoms with Gasteiger partial charge in [0.15, 0.2) is 0 Å². The van der Waals surface area contributed by atoms with Gasteiger partial charge < -0.3 is 25.7 Å². The van der Waals surface area contributed by atoms with Crippen LogP contribution in [0.4, 0.5) is 0 Å². The lowest BCUT2D eigenvalue weighted by molar-refractivity contribution is -0.140. The fourth-order valence-corrected chi connectivity index (χ4v) is 1.23. The van der Waals surface area contributed by atoms with Gasteiger partial charge in [0.2, 0.25) is 0 Å². The normalized spacial score (nSPS) is 17.5. The SMILES string of the molecule is CCCN1C=CN(C)C1.C[C@@H](O)[C@H](N)C(=O)O. The Balaban J connectivity index is 0.000000304. The van der Waals surface area contributed by atoms with Crippen molar-refractivity contribution >= 4 is 5.97 Å². The zero-order valence-corrected chi connectivity index (χ0v) is 10.7. The number of nitrogens with zero attached hydrogens (tertiary/aromatic N) is 2. The number of hydrogen-bond acceptors (Lipinski definition) is 5. The first kappa shape index (κ1) is 15.7. The van der Waals surface area contributed by atoms with E-state index in [1.807, 2.05) is 0 Å². The van der Waals surface area contributed by atoms with Crippen molar-refractivity contribution in [2.24, 2.45) is 5.73 Å². The molecule has 1 heterocycles. The van der Waals surface area contributed by atoms with Crippen LogP contribution in [0.25, 0.3) is 0 Å². The van der Waals surface area contributed by atoms with Gasteiger partial charge in [-0.1, -0.05) is 6.92 Å². The minimum Gasteiger partial charge on any atom is -0.480 e. The lowest BCUT2D eigenvalue weighted by Gasteiger charge is -2.16. The molecule has 100 valence electrons. The Morgan fingerprint density at radius 2 is 2.12 bits per heavy atom. The van der Waals surface area contributed by atoms with Crippen LogP contribution in [0.15, 0.2) is 12.4 Å². The van der Waals surface area contributed by atoms with Gasteiger partial charge in [0.1, 0.15) is 6.04 Å². The van der Waals surface area contributed by atoms with Crippen LogP contribution in [0.5, 0.6) is 0 Å². The number of rotatable bonds is 4. The molecule has 0 saturated heterocycles. The topological polar surface area (TPSA) is 90.0 Å². The molecule has 4 N–H and O–H groups in total. The summed E-state index contributed by atoms with van der Waals surface area (Å²) < 4.78 is 0. The molecular formula is C11H23N3O3. The van der Waals surface area contributed by atoms with E-state index in [1.54, 1.807) is 0 Å². The smallest absolute Gasteiger partial charge is 0.323 e.